The zero-order valence-corrected chi connectivity index (χ0v) is 21.4. The van der Waals surface area contributed by atoms with E-state index in [0.29, 0.717) is 28.4 Å². The van der Waals surface area contributed by atoms with Crippen LogP contribution in [0.25, 0.3) is 10.2 Å². The van der Waals surface area contributed by atoms with Crippen LogP contribution < -0.4 is 14.3 Å². The van der Waals surface area contributed by atoms with Crippen LogP contribution in [0.3, 0.4) is 0 Å². The maximum atomic E-state index is 13.2. The lowest BCUT2D eigenvalue weighted by molar-refractivity contribution is 0.0998. The number of hydrogen-bond donors (Lipinski definition) is 0. The highest BCUT2D eigenvalue weighted by molar-refractivity contribution is 7.89. The summed E-state index contributed by atoms with van der Waals surface area (Å²) in [5.74, 6) is 0.873. The van der Waals surface area contributed by atoms with Crippen molar-refractivity contribution in [1.29, 1.82) is 0 Å². The summed E-state index contributed by atoms with van der Waals surface area (Å²) in [4.78, 5) is 17.9. The van der Waals surface area contributed by atoms with Crippen LogP contribution in [0.4, 0.5) is 0 Å². The van der Waals surface area contributed by atoms with Crippen LogP contribution in [-0.4, -0.2) is 50.0 Å². The SMILES string of the molecule is CCC1CCCCN1S(=O)(=O)c1ccc(C(=O)N=c2sc3c(OC)ccc(OC)c3n2C)cc1. The number of thiazole rings is 1. The monoisotopic (exact) mass is 503 g/mol. The maximum Gasteiger partial charge on any atom is 0.279 e. The van der Waals surface area contributed by atoms with E-state index in [-0.39, 0.29) is 10.9 Å². The van der Waals surface area contributed by atoms with Gasteiger partial charge in [0.15, 0.2) is 4.80 Å². The number of aryl methyl sites for hydroxylation is 1. The Morgan fingerprint density at radius 3 is 2.41 bits per heavy atom. The number of ether oxygens (including phenoxy) is 2. The number of nitrogens with zero attached hydrogens (tertiary/aromatic N) is 3. The normalized spacial score (nSPS) is 17.8. The lowest BCUT2D eigenvalue weighted by atomic mass is 10.0. The number of sulfonamides is 1. The minimum atomic E-state index is -3.60. The molecule has 1 amide bonds. The second kappa shape index (κ2) is 9.89. The fourth-order valence-corrected chi connectivity index (χ4v) is 7.28. The van der Waals surface area contributed by atoms with Gasteiger partial charge in [0.2, 0.25) is 10.0 Å². The highest BCUT2D eigenvalue weighted by atomic mass is 32.2. The van der Waals surface area contributed by atoms with Gasteiger partial charge in [0.1, 0.15) is 21.7 Å². The van der Waals surface area contributed by atoms with Gasteiger partial charge in [-0.05, 0) is 55.7 Å². The Morgan fingerprint density at radius 1 is 1.09 bits per heavy atom. The van der Waals surface area contributed by atoms with E-state index in [9.17, 15) is 13.2 Å². The quantitative estimate of drug-likeness (QED) is 0.508. The smallest absolute Gasteiger partial charge is 0.279 e. The van der Waals surface area contributed by atoms with Gasteiger partial charge < -0.3 is 14.0 Å². The molecule has 182 valence electrons. The number of carbonyl (C=O) groups is 1. The van der Waals surface area contributed by atoms with Crippen LogP contribution in [0.1, 0.15) is 43.0 Å². The molecule has 34 heavy (non-hydrogen) atoms. The van der Waals surface area contributed by atoms with E-state index in [4.69, 9.17) is 9.47 Å². The van der Waals surface area contributed by atoms with Gasteiger partial charge in [-0.25, -0.2) is 8.42 Å². The molecule has 10 heteroatoms. The first-order valence-corrected chi connectivity index (χ1v) is 13.5. The molecule has 1 saturated heterocycles. The highest BCUT2D eigenvalue weighted by Gasteiger charge is 2.32. The molecule has 1 atom stereocenters. The molecule has 3 aromatic rings. The summed E-state index contributed by atoms with van der Waals surface area (Å²) in [6.45, 7) is 2.55. The molecule has 1 fully saturated rings. The van der Waals surface area contributed by atoms with Crippen molar-refractivity contribution in [3.05, 3.63) is 46.8 Å². The zero-order valence-electron chi connectivity index (χ0n) is 19.8. The van der Waals surface area contributed by atoms with Crippen molar-refractivity contribution in [2.24, 2.45) is 12.0 Å². The lowest BCUT2D eigenvalue weighted by Gasteiger charge is -2.34. The summed E-state index contributed by atoms with van der Waals surface area (Å²) in [5.41, 5.74) is 1.10. The molecule has 1 aliphatic heterocycles. The molecule has 0 spiro atoms. The Labute approximate surface area is 203 Å². The molecule has 2 heterocycles. The third kappa shape index (κ3) is 4.37. The predicted octanol–water partition coefficient (Wildman–Crippen LogP) is 3.95. The number of aromatic nitrogens is 1. The minimum Gasteiger partial charge on any atom is -0.495 e. The molecule has 0 bridgehead atoms. The van der Waals surface area contributed by atoms with Crippen molar-refractivity contribution in [3.8, 4) is 11.5 Å². The van der Waals surface area contributed by atoms with Crippen LogP contribution in [0.2, 0.25) is 0 Å². The summed E-state index contributed by atoms with van der Waals surface area (Å²) in [7, 11) is 1.38. The van der Waals surface area contributed by atoms with Crippen LogP contribution in [-0.2, 0) is 17.1 Å². The molecule has 8 nitrogen and oxygen atoms in total. The number of rotatable bonds is 6. The number of hydrogen-bond acceptors (Lipinski definition) is 6. The summed E-state index contributed by atoms with van der Waals surface area (Å²) in [6.07, 6.45) is 3.59. The fourth-order valence-electron chi connectivity index (χ4n) is 4.38. The average Bonchev–Trinajstić information content (AvgIpc) is 3.19. The zero-order chi connectivity index (χ0) is 24.5. The van der Waals surface area contributed by atoms with Gasteiger partial charge in [-0.2, -0.15) is 9.30 Å². The third-order valence-electron chi connectivity index (χ3n) is 6.26. The second-order valence-corrected chi connectivity index (χ2v) is 11.1. The van der Waals surface area contributed by atoms with Crippen molar-refractivity contribution in [3.63, 3.8) is 0 Å². The largest absolute Gasteiger partial charge is 0.495 e. The molecule has 1 aliphatic rings. The van der Waals surface area contributed by atoms with E-state index in [2.05, 4.69) is 4.99 Å². The molecule has 2 aromatic carbocycles. The number of amides is 1. The summed E-state index contributed by atoms with van der Waals surface area (Å²) >= 11 is 1.32. The number of benzene rings is 2. The summed E-state index contributed by atoms with van der Waals surface area (Å²) in [5, 5.41) is 0. The van der Waals surface area contributed by atoms with Gasteiger partial charge in [0.25, 0.3) is 5.91 Å². The summed E-state index contributed by atoms with van der Waals surface area (Å²) < 4.78 is 41.5. The second-order valence-electron chi connectivity index (χ2n) is 8.21. The number of carbonyl (C=O) groups excluding carboxylic acids is 1. The topological polar surface area (TPSA) is 90.2 Å². The van der Waals surface area contributed by atoms with Crippen molar-refractivity contribution in [2.45, 2.75) is 43.5 Å². The molecule has 0 aliphatic carbocycles. The molecule has 1 unspecified atom stereocenters. The van der Waals surface area contributed by atoms with Crippen molar-refractivity contribution in [1.82, 2.24) is 8.87 Å². The van der Waals surface area contributed by atoms with E-state index < -0.39 is 15.9 Å². The molecule has 4 rings (SSSR count). The van der Waals surface area contributed by atoms with Gasteiger partial charge in [-0.1, -0.05) is 24.7 Å². The van der Waals surface area contributed by atoms with Crippen molar-refractivity contribution >= 4 is 37.5 Å². The van der Waals surface area contributed by atoms with E-state index in [0.717, 1.165) is 35.9 Å². The van der Waals surface area contributed by atoms with Gasteiger partial charge in [0.05, 0.1) is 19.1 Å². The van der Waals surface area contributed by atoms with Crippen LogP contribution in [0, 0.1) is 0 Å². The van der Waals surface area contributed by atoms with Crippen molar-refractivity contribution in [2.75, 3.05) is 20.8 Å². The van der Waals surface area contributed by atoms with E-state index in [1.54, 1.807) is 23.1 Å². The average molecular weight is 504 g/mol. The maximum absolute atomic E-state index is 13.2. The lowest BCUT2D eigenvalue weighted by Crippen LogP contribution is -2.43. The Kier molecular flexibility index (Phi) is 7.11. The third-order valence-corrected chi connectivity index (χ3v) is 9.38. The Balaban J connectivity index is 1.66. The van der Waals surface area contributed by atoms with Crippen LogP contribution in [0.5, 0.6) is 11.5 Å². The van der Waals surface area contributed by atoms with E-state index in [1.165, 1.54) is 35.6 Å². The molecule has 0 radical (unpaired) electrons. The molecule has 1 aromatic heterocycles. The first kappa shape index (κ1) is 24.4. The number of methoxy groups -OCH3 is 2. The standard InChI is InChI=1S/C24H29N3O5S2/c1-5-17-8-6-7-15-27(17)34(29,30)18-11-9-16(10-12-18)23(28)25-24-26(2)21-19(31-3)13-14-20(32-4)22(21)33-24/h9-14,17H,5-8,15H2,1-4H3. The van der Waals surface area contributed by atoms with E-state index >= 15 is 0 Å². The minimum absolute atomic E-state index is 0.0250. The van der Waals surface area contributed by atoms with Crippen LogP contribution in [0.15, 0.2) is 46.3 Å². The fraction of sp³-hybridized carbons (Fsp3) is 0.417. The van der Waals surface area contributed by atoms with Gasteiger partial charge in [-0.15, -0.1) is 0 Å². The number of piperidine rings is 1. The van der Waals surface area contributed by atoms with Gasteiger partial charge >= 0.3 is 0 Å². The number of fused-ring (bicyclic) bond motifs is 1. The molecular weight excluding hydrogens is 474 g/mol. The predicted molar refractivity (Wildman–Crippen MR) is 132 cm³/mol. The Hall–Kier alpha value is -2.69. The van der Waals surface area contributed by atoms with E-state index in [1.807, 2.05) is 26.1 Å². The Bertz CT molecular complexity index is 1370. The first-order chi connectivity index (χ1) is 16.3. The first-order valence-electron chi connectivity index (χ1n) is 11.2. The Morgan fingerprint density at radius 2 is 1.76 bits per heavy atom. The van der Waals surface area contributed by atoms with Crippen molar-refractivity contribution < 1.29 is 22.7 Å². The van der Waals surface area contributed by atoms with Gasteiger partial charge in [0, 0.05) is 25.2 Å². The summed E-state index contributed by atoms with van der Waals surface area (Å²) in [6, 6.07) is 9.69. The molecule has 0 saturated carbocycles. The molecule has 0 N–H and O–H groups in total. The van der Waals surface area contributed by atoms with Crippen LogP contribution >= 0.6 is 11.3 Å². The molecular formula is C24H29N3O5S2. The van der Waals surface area contributed by atoms with Gasteiger partial charge in [-0.3, -0.25) is 4.79 Å². The highest BCUT2D eigenvalue weighted by Crippen LogP contribution is 2.34.